The molecule has 3 N–H and O–H groups in total. The number of nitrogens with two attached hydrogens (primary N) is 1. The van der Waals surface area contributed by atoms with E-state index in [9.17, 15) is 4.79 Å². The van der Waals surface area contributed by atoms with Crippen molar-refractivity contribution in [2.45, 2.75) is 50.6 Å². The standard InChI is InChI=1S/C16H32N4O/c1-19-9-10-20(2)15(12-19)11-18-16(21)8-5-13-3-6-14(17)7-4-13/h13-15H,3-12,17H2,1-2H3,(H,18,21). The van der Waals surface area contributed by atoms with Gasteiger partial charge in [-0.15, -0.1) is 0 Å². The lowest BCUT2D eigenvalue weighted by atomic mass is 9.84. The van der Waals surface area contributed by atoms with Crippen LogP contribution in [0, 0.1) is 5.92 Å². The predicted octanol–water partition coefficient (Wildman–Crippen LogP) is 0.646. The third kappa shape index (κ3) is 5.57. The topological polar surface area (TPSA) is 61.6 Å². The van der Waals surface area contributed by atoms with Gasteiger partial charge in [-0.1, -0.05) is 0 Å². The first-order valence-corrected chi connectivity index (χ1v) is 8.45. The van der Waals surface area contributed by atoms with Gasteiger partial charge in [0.25, 0.3) is 0 Å². The monoisotopic (exact) mass is 296 g/mol. The Labute approximate surface area is 129 Å². The molecule has 1 amide bonds. The fourth-order valence-corrected chi connectivity index (χ4v) is 3.45. The molecule has 1 saturated heterocycles. The normalized spacial score (nSPS) is 32.0. The summed E-state index contributed by atoms with van der Waals surface area (Å²) in [4.78, 5) is 16.7. The van der Waals surface area contributed by atoms with Gasteiger partial charge in [-0.3, -0.25) is 9.69 Å². The van der Waals surface area contributed by atoms with Crippen molar-refractivity contribution in [3.05, 3.63) is 0 Å². The maximum absolute atomic E-state index is 12.0. The summed E-state index contributed by atoms with van der Waals surface area (Å²) in [7, 11) is 4.30. The van der Waals surface area contributed by atoms with Crippen molar-refractivity contribution in [2.24, 2.45) is 11.7 Å². The van der Waals surface area contributed by atoms with Gasteiger partial charge in [-0.25, -0.2) is 0 Å². The molecule has 1 saturated carbocycles. The molecule has 21 heavy (non-hydrogen) atoms. The van der Waals surface area contributed by atoms with Crippen molar-refractivity contribution in [2.75, 3.05) is 40.3 Å². The van der Waals surface area contributed by atoms with E-state index in [1.807, 2.05) is 0 Å². The van der Waals surface area contributed by atoms with Crippen LogP contribution >= 0.6 is 0 Å². The number of likely N-dealkylation sites (N-methyl/N-ethyl adjacent to an activating group) is 2. The number of carbonyl (C=O) groups excluding carboxylic acids is 1. The van der Waals surface area contributed by atoms with Gasteiger partial charge in [-0.05, 0) is 52.1 Å². The Morgan fingerprint density at radius 1 is 1.19 bits per heavy atom. The molecule has 0 aromatic rings. The molecule has 1 aliphatic heterocycles. The van der Waals surface area contributed by atoms with E-state index in [0.717, 1.165) is 45.4 Å². The first-order chi connectivity index (χ1) is 10.0. The molecule has 0 aromatic heterocycles. The molecule has 1 atom stereocenters. The zero-order chi connectivity index (χ0) is 15.2. The van der Waals surface area contributed by atoms with Gasteiger partial charge in [0, 0.05) is 44.7 Å². The highest BCUT2D eigenvalue weighted by Gasteiger charge is 2.23. The summed E-state index contributed by atoms with van der Waals surface area (Å²) >= 11 is 0. The van der Waals surface area contributed by atoms with Crippen LogP contribution in [0.3, 0.4) is 0 Å². The molecule has 5 nitrogen and oxygen atoms in total. The van der Waals surface area contributed by atoms with Gasteiger partial charge in [0.2, 0.25) is 5.91 Å². The molecule has 122 valence electrons. The van der Waals surface area contributed by atoms with E-state index in [4.69, 9.17) is 5.73 Å². The van der Waals surface area contributed by atoms with Crippen LogP contribution in [0.15, 0.2) is 0 Å². The minimum atomic E-state index is 0.214. The summed E-state index contributed by atoms with van der Waals surface area (Å²) in [5.74, 6) is 0.922. The van der Waals surface area contributed by atoms with Crippen LogP contribution in [0.4, 0.5) is 0 Å². The average molecular weight is 296 g/mol. The molecular formula is C16H32N4O. The summed E-state index contributed by atoms with van der Waals surface area (Å²) < 4.78 is 0. The third-order valence-electron chi connectivity index (χ3n) is 5.19. The highest BCUT2D eigenvalue weighted by molar-refractivity contribution is 5.75. The van der Waals surface area contributed by atoms with Crippen LogP contribution < -0.4 is 11.1 Å². The number of amides is 1. The van der Waals surface area contributed by atoms with Gasteiger partial charge in [0.1, 0.15) is 0 Å². The van der Waals surface area contributed by atoms with Crippen LogP contribution in [-0.4, -0.2) is 68.1 Å². The molecule has 2 rings (SSSR count). The van der Waals surface area contributed by atoms with E-state index in [-0.39, 0.29) is 5.91 Å². The zero-order valence-corrected chi connectivity index (χ0v) is 13.7. The van der Waals surface area contributed by atoms with Crippen molar-refractivity contribution in [1.82, 2.24) is 15.1 Å². The van der Waals surface area contributed by atoms with Gasteiger partial charge >= 0.3 is 0 Å². The Kier molecular flexibility index (Phi) is 6.45. The largest absolute Gasteiger partial charge is 0.354 e. The zero-order valence-electron chi connectivity index (χ0n) is 13.7. The minimum absolute atomic E-state index is 0.214. The number of hydrogen-bond donors (Lipinski definition) is 2. The lowest BCUT2D eigenvalue weighted by molar-refractivity contribution is -0.121. The molecule has 0 aromatic carbocycles. The second kappa shape index (κ2) is 8.11. The van der Waals surface area contributed by atoms with E-state index in [1.165, 1.54) is 12.8 Å². The lowest BCUT2D eigenvalue weighted by Crippen LogP contribution is -2.54. The van der Waals surface area contributed by atoms with E-state index in [0.29, 0.717) is 24.4 Å². The summed E-state index contributed by atoms with van der Waals surface area (Å²) in [6, 6.07) is 0.842. The number of hydrogen-bond acceptors (Lipinski definition) is 4. The molecule has 2 fully saturated rings. The molecule has 5 heteroatoms. The predicted molar refractivity (Wildman–Crippen MR) is 86.1 cm³/mol. The van der Waals surface area contributed by atoms with E-state index < -0.39 is 0 Å². The smallest absolute Gasteiger partial charge is 0.220 e. The van der Waals surface area contributed by atoms with Gasteiger partial charge in [-0.2, -0.15) is 0 Å². The van der Waals surface area contributed by atoms with Crippen LogP contribution in [-0.2, 0) is 4.79 Å². The molecule has 1 heterocycles. The molecule has 2 aliphatic rings. The fraction of sp³-hybridized carbons (Fsp3) is 0.938. The highest BCUT2D eigenvalue weighted by atomic mass is 16.1. The second-order valence-corrected chi connectivity index (χ2v) is 7.02. The van der Waals surface area contributed by atoms with Gasteiger partial charge in [0.15, 0.2) is 0 Å². The maximum Gasteiger partial charge on any atom is 0.220 e. The van der Waals surface area contributed by atoms with E-state index >= 15 is 0 Å². The van der Waals surface area contributed by atoms with Crippen molar-refractivity contribution < 1.29 is 4.79 Å². The SMILES string of the molecule is CN1CCN(C)C(CNC(=O)CCC2CCC(N)CC2)C1. The van der Waals surface area contributed by atoms with Gasteiger partial charge in [0.05, 0.1) is 0 Å². The number of nitrogens with zero attached hydrogens (tertiary/aromatic N) is 2. The molecule has 0 bridgehead atoms. The molecule has 1 aliphatic carbocycles. The fourth-order valence-electron chi connectivity index (χ4n) is 3.45. The average Bonchev–Trinajstić information content (AvgIpc) is 2.47. The minimum Gasteiger partial charge on any atom is -0.354 e. The van der Waals surface area contributed by atoms with Crippen LogP contribution in [0.5, 0.6) is 0 Å². The molecule has 0 radical (unpaired) electrons. The number of carbonyl (C=O) groups is 1. The summed E-state index contributed by atoms with van der Waals surface area (Å²) in [5.41, 5.74) is 5.92. The van der Waals surface area contributed by atoms with Crippen LogP contribution in [0.1, 0.15) is 38.5 Å². The Morgan fingerprint density at radius 3 is 2.62 bits per heavy atom. The lowest BCUT2D eigenvalue weighted by Gasteiger charge is -2.37. The number of nitrogens with one attached hydrogen (secondary N) is 1. The molecule has 0 spiro atoms. The highest BCUT2D eigenvalue weighted by Crippen LogP contribution is 2.26. The van der Waals surface area contributed by atoms with Crippen LogP contribution in [0.25, 0.3) is 0 Å². The first kappa shape index (κ1) is 16.7. The molecule has 1 unspecified atom stereocenters. The summed E-state index contributed by atoms with van der Waals surface area (Å²) in [6.07, 6.45) is 6.36. The Bertz CT molecular complexity index is 328. The number of piperazine rings is 1. The Morgan fingerprint density at radius 2 is 1.90 bits per heavy atom. The van der Waals surface area contributed by atoms with Crippen molar-refractivity contribution >= 4 is 5.91 Å². The maximum atomic E-state index is 12.0. The summed E-state index contributed by atoms with van der Waals surface area (Å²) in [5, 5.41) is 3.12. The number of rotatable bonds is 5. The quantitative estimate of drug-likeness (QED) is 0.782. The Hall–Kier alpha value is -0.650. The van der Waals surface area contributed by atoms with E-state index in [1.54, 1.807) is 0 Å². The Balaban J connectivity index is 1.61. The van der Waals surface area contributed by atoms with Crippen molar-refractivity contribution in [3.63, 3.8) is 0 Å². The third-order valence-corrected chi connectivity index (χ3v) is 5.19. The second-order valence-electron chi connectivity index (χ2n) is 7.02. The van der Waals surface area contributed by atoms with Gasteiger partial charge < -0.3 is 16.0 Å². The van der Waals surface area contributed by atoms with Crippen LogP contribution in [0.2, 0.25) is 0 Å². The van der Waals surface area contributed by atoms with Crippen molar-refractivity contribution in [1.29, 1.82) is 0 Å². The molecular weight excluding hydrogens is 264 g/mol. The van der Waals surface area contributed by atoms with Crippen molar-refractivity contribution in [3.8, 4) is 0 Å². The summed E-state index contributed by atoms with van der Waals surface area (Å²) in [6.45, 7) is 4.01. The van der Waals surface area contributed by atoms with E-state index in [2.05, 4.69) is 29.2 Å². The first-order valence-electron chi connectivity index (χ1n) is 8.45.